The Morgan fingerprint density at radius 2 is 1.94 bits per heavy atom. The van der Waals surface area contributed by atoms with Gasteiger partial charge in [-0.05, 0) is 38.1 Å². The van der Waals surface area contributed by atoms with Crippen LogP contribution in [0.15, 0.2) is 65.9 Å². The SMILES string of the molecule is CC1=C(C(=O)O)C(c2cccc([N+](=O)[O-])c2)N(CCCN(C)Cc2ccccc2)C(=O)N1. The molecule has 32 heavy (non-hydrogen) atoms. The summed E-state index contributed by atoms with van der Waals surface area (Å²) in [4.78, 5) is 39.1. The number of carboxylic acids is 1. The molecule has 2 aromatic rings. The van der Waals surface area contributed by atoms with Crippen molar-refractivity contribution in [1.29, 1.82) is 0 Å². The fourth-order valence-corrected chi connectivity index (χ4v) is 3.93. The number of rotatable bonds is 9. The van der Waals surface area contributed by atoms with Crippen molar-refractivity contribution < 1.29 is 19.6 Å². The summed E-state index contributed by atoms with van der Waals surface area (Å²) in [6.07, 6.45) is 0.605. The summed E-state index contributed by atoms with van der Waals surface area (Å²) in [5.41, 5.74) is 1.65. The highest BCUT2D eigenvalue weighted by molar-refractivity contribution is 5.93. The topological polar surface area (TPSA) is 116 Å². The Labute approximate surface area is 186 Å². The van der Waals surface area contributed by atoms with Gasteiger partial charge in [0.15, 0.2) is 0 Å². The minimum atomic E-state index is -1.18. The molecule has 9 nitrogen and oxygen atoms in total. The van der Waals surface area contributed by atoms with E-state index >= 15 is 0 Å². The normalized spacial score (nSPS) is 16.3. The van der Waals surface area contributed by atoms with E-state index < -0.39 is 23.0 Å². The molecule has 0 bridgehead atoms. The second kappa shape index (κ2) is 10.1. The van der Waals surface area contributed by atoms with Crippen LogP contribution in [0.5, 0.6) is 0 Å². The van der Waals surface area contributed by atoms with Crippen LogP contribution in [0.4, 0.5) is 10.5 Å². The number of allylic oxidation sites excluding steroid dienone is 1. The summed E-state index contributed by atoms with van der Waals surface area (Å²) < 4.78 is 0. The molecule has 0 aromatic heterocycles. The zero-order valence-electron chi connectivity index (χ0n) is 18.0. The fraction of sp³-hybridized carbons (Fsp3) is 0.304. The van der Waals surface area contributed by atoms with E-state index in [4.69, 9.17) is 0 Å². The Balaban J connectivity index is 1.80. The number of non-ortho nitro benzene ring substituents is 1. The molecule has 0 spiro atoms. The third kappa shape index (κ3) is 5.30. The Bertz CT molecular complexity index is 1040. The summed E-state index contributed by atoms with van der Waals surface area (Å²) in [5, 5.41) is 23.7. The number of nitro groups is 1. The molecule has 1 heterocycles. The number of benzene rings is 2. The Morgan fingerprint density at radius 1 is 1.22 bits per heavy atom. The summed E-state index contributed by atoms with van der Waals surface area (Å²) in [6, 6.07) is 14.4. The number of hydrogen-bond donors (Lipinski definition) is 2. The third-order valence-electron chi connectivity index (χ3n) is 5.41. The lowest BCUT2D eigenvalue weighted by Gasteiger charge is -2.37. The van der Waals surface area contributed by atoms with Crippen molar-refractivity contribution in [2.45, 2.75) is 25.9 Å². The standard InChI is InChI=1S/C23H26N4O5/c1-16-20(22(28)29)21(18-10-6-11-19(14-18)27(31)32)26(23(30)24-16)13-7-12-25(2)15-17-8-4-3-5-9-17/h3-6,8-11,14,21H,7,12-13,15H2,1-2H3,(H,24,30)(H,28,29). The number of carboxylic acid groups (broad SMARTS) is 1. The third-order valence-corrected chi connectivity index (χ3v) is 5.41. The number of nitro benzene ring substituents is 1. The van der Waals surface area contributed by atoms with Crippen molar-refractivity contribution in [3.8, 4) is 0 Å². The minimum absolute atomic E-state index is 0.00254. The van der Waals surface area contributed by atoms with Crippen molar-refractivity contribution >= 4 is 17.7 Å². The Hall–Kier alpha value is -3.72. The largest absolute Gasteiger partial charge is 0.478 e. The maximum Gasteiger partial charge on any atom is 0.335 e. The van der Waals surface area contributed by atoms with Gasteiger partial charge >= 0.3 is 12.0 Å². The molecule has 0 aliphatic carbocycles. The molecule has 0 radical (unpaired) electrons. The van der Waals surface area contributed by atoms with Gasteiger partial charge in [-0.25, -0.2) is 9.59 Å². The van der Waals surface area contributed by atoms with Gasteiger partial charge in [0, 0.05) is 30.9 Å². The van der Waals surface area contributed by atoms with Crippen molar-refractivity contribution in [3.63, 3.8) is 0 Å². The van der Waals surface area contributed by atoms with Crippen LogP contribution in [0.1, 0.15) is 30.5 Å². The predicted molar refractivity (Wildman–Crippen MR) is 119 cm³/mol. The highest BCUT2D eigenvalue weighted by atomic mass is 16.6. The average molecular weight is 438 g/mol. The molecule has 168 valence electrons. The number of nitrogens with one attached hydrogen (secondary N) is 1. The van der Waals surface area contributed by atoms with Crippen LogP contribution >= 0.6 is 0 Å². The van der Waals surface area contributed by atoms with E-state index in [0.717, 1.165) is 6.54 Å². The molecule has 1 atom stereocenters. The predicted octanol–water partition coefficient (Wildman–Crippen LogP) is 3.54. The Morgan fingerprint density at radius 3 is 2.59 bits per heavy atom. The van der Waals surface area contributed by atoms with E-state index in [1.165, 1.54) is 35.6 Å². The van der Waals surface area contributed by atoms with Gasteiger partial charge in [0.25, 0.3) is 5.69 Å². The second-order valence-corrected chi connectivity index (χ2v) is 7.80. The zero-order valence-corrected chi connectivity index (χ0v) is 18.0. The van der Waals surface area contributed by atoms with Crippen LogP contribution in [0, 0.1) is 10.1 Å². The van der Waals surface area contributed by atoms with Gasteiger partial charge in [-0.15, -0.1) is 0 Å². The van der Waals surface area contributed by atoms with E-state index in [-0.39, 0.29) is 17.0 Å². The highest BCUT2D eigenvalue weighted by Crippen LogP contribution is 2.35. The average Bonchev–Trinajstić information content (AvgIpc) is 2.75. The lowest BCUT2D eigenvalue weighted by Crippen LogP contribution is -2.49. The first-order chi connectivity index (χ1) is 15.3. The number of aliphatic carboxylic acids is 1. The van der Waals surface area contributed by atoms with Gasteiger partial charge < -0.3 is 20.2 Å². The van der Waals surface area contributed by atoms with E-state index in [1.54, 1.807) is 6.07 Å². The van der Waals surface area contributed by atoms with Crippen molar-refractivity contribution in [2.24, 2.45) is 0 Å². The first kappa shape index (κ1) is 23.0. The molecule has 3 rings (SSSR count). The number of nitrogens with zero attached hydrogens (tertiary/aromatic N) is 3. The highest BCUT2D eigenvalue weighted by Gasteiger charge is 2.38. The van der Waals surface area contributed by atoms with Crippen molar-refractivity contribution in [2.75, 3.05) is 20.1 Å². The van der Waals surface area contributed by atoms with E-state index in [9.17, 15) is 24.8 Å². The van der Waals surface area contributed by atoms with Crippen LogP contribution in [0.25, 0.3) is 0 Å². The van der Waals surface area contributed by atoms with Crippen LogP contribution in [-0.2, 0) is 11.3 Å². The molecule has 0 fully saturated rings. The molecule has 2 aromatic carbocycles. The molecule has 2 N–H and O–H groups in total. The van der Waals surface area contributed by atoms with Gasteiger partial charge in [-0.2, -0.15) is 0 Å². The van der Waals surface area contributed by atoms with Gasteiger partial charge in [0.1, 0.15) is 0 Å². The van der Waals surface area contributed by atoms with Gasteiger partial charge in [0.05, 0.1) is 16.5 Å². The number of hydrogen-bond acceptors (Lipinski definition) is 5. The first-order valence-electron chi connectivity index (χ1n) is 10.3. The van der Waals surface area contributed by atoms with Crippen molar-refractivity contribution in [1.82, 2.24) is 15.1 Å². The molecule has 1 aliphatic rings. The number of carbonyl (C=O) groups excluding carboxylic acids is 1. The molecule has 0 saturated carbocycles. The molecular formula is C23H26N4O5. The molecule has 1 aliphatic heterocycles. The van der Waals surface area contributed by atoms with Gasteiger partial charge in [-0.3, -0.25) is 10.1 Å². The van der Waals surface area contributed by atoms with Crippen LogP contribution in [0.2, 0.25) is 0 Å². The quantitative estimate of drug-likeness (QED) is 0.457. The Kier molecular flexibility index (Phi) is 7.21. The molecule has 0 saturated heterocycles. The maximum atomic E-state index is 12.8. The smallest absolute Gasteiger partial charge is 0.335 e. The lowest BCUT2D eigenvalue weighted by molar-refractivity contribution is -0.384. The summed E-state index contributed by atoms with van der Waals surface area (Å²) in [7, 11) is 1.98. The second-order valence-electron chi connectivity index (χ2n) is 7.80. The maximum absolute atomic E-state index is 12.8. The zero-order chi connectivity index (χ0) is 23.3. The monoisotopic (exact) mass is 438 g/mol. The van der Waals surface area contributed by atoms with Crippen LogP contribution in [-0.4, -0.2) is 52.0 Å². The van der Waals surface area contributed by atoms with Crippen LogP contribution in [0.3, 0.4) is 0 Å². The molecule has 9 heteroatoms. The lowest BCUT2D eigenvalue weighted by atomic mass is 9.93. The van der Waals surface area contributed by atoms with Gasteiger partial charge in [0.2, 0.25) is 0 Å². The fourth-order valence-electron chi connectivity index (χ4n) is 3.93. The molecular weight excluding hydrogens is 412 g/mol. The summed E-state index contributed by atoms with van der Waals surface area (Å²) in [5.74, 6) is -1.18. The van der Waals surface area contributed by atoms with Crippen molar-refractivity contribution in [3.05, 3.63) is 87.1 Å². The molecule has 2 amide bonds. The van der Waals surface area contributed by atoms with E-state index in [0.29, 0.717) is 25.1 Å². The number of carbonyl (C=O) groups is 2. The summed E-state index contributed by atoms with van der Waals surface area (Å²) >= 11 is 0. The van der Waals surface area contributed by atoms with Crippen LogP contribution < -0.4 is 5.32 Å². The van der Waals surface area contributed by atoms with E-state index in [1.807, 2.05) is 37.4 Å². The van der Waals surface area contributed by atoms with E-state index in [2.05, 4.69) is 10.2 Å². The minimum Gasteiger partial charge on any atom is -0.478 e. The number of amides is 2. The first-order valence-corrected chi connectivity index (χ1v) is 10.3. The van der Waals surface area contributed by atoms with Gasteiger partial charge in [-0.1, -0.05) is 42.5 Å². The molecule has 1 unspecified atom stereocenters. The number of urea groups is 1. The summed E-state index contributed by atoms with van der Waals surface area (Å²) in [6.45, 7) is 3.26.